The number of rotatable bonds is 6. The zero-order valence-corrected chi connectivity index (χ0v) is 18.5. The van der Waals surface area contributed by atoms with Crippen LogP contribution >= 0.6 is 11.3 Å². The summed E-state index contributed by atoms with van der Waals surface area (Å²) in [5.41, 5.74) is -1.55. The van der Waals surface area contributed by atoms with Gasteiger partial charge < -0.3 is 14.6 Å². The van der Waals surface area contributed by atoms with Gasteiger partial charge in [-0.25, -0.2) is 22.9 Å². The van der Waals surface area contributed by atoms with Gasteiger partial charge in [0.25, 0.3) is 0 Å². The summed E-state index contributed by atoms with van der Waals surface area (Å²) in [7, 11) is 0. The van der Waals surface area contributed by atoms with Crippen molar-refractivity contribution < 1.29 is 27.8 Å². The lowest BCUT2D eigenvalue weighted by Crippen LogP contribution is -2.46. The summed E-state index contributed by atoms with van der Waals surface area (Å²) in [6.45, 7) is 1.57. The van der Waals surface area contributed by atoms with Crippen molar-refractivity contribution in [3.05, 3.63) is 86.9 Å². The first-order chi connectivity index (χ1) is 16.2. The molecule has 0 spiro atoms. The molecule has 2 aromatic carbocycles. The van der Waals surface area contributed by atoms with E-state index in [2.05, 4.69) is 10.1 Å². The first kappa shape index (κ1) is 22.3. The molecule has 1 N–H and O–H groups in total. The van der Waals surface area contributed by atoms with Gasteiger partial charge in [0.2, 0.25) is 5.06 Å². The van der Waals surface area contributed by atoms with Crippen LogP contribution in [0.25, 0.3) is 5.69 Å². The van der Waals surface area contributed by atoms with Crippen LogP contribution in [0.15, 0.2) is 47.5 Å². The number of halogens is 3. The molecule has 2 aromatic heterocycles. The van der Waals surface area contributed by atoms with E-state index in [9.17, 15) is 23.1 Å². The average molecular weight is 490 g/mol. The second kappa shape index (κ2) is 8.38. The Kier molecular flexibility index (Phi) is 5.50. The summed E-state index contributed by atoms with van der Waals surface area (Å²) < 4.78 is 55.3. The largest absolute Gasteiger partial charge is 0.442 e. The highest BCUT2D eigenvalue weighted by Crippen LogP contribution is 2.39. The molecular weight excluding hydrogens is 473 g/mol. The maximum Gasteiger partial charge on any atom is 0.350 e. The number of thiazole rings is 1. The molecule has 0 atom stereocenters. The Bertz CT molecular complexity index is 1420. The second-order valence-electron chi connectivity index (χ2n) is 7.79. The van der Waals surface area contributed by atoms with Crippen LogP contribution in [-0.2, 0) is 16.9 Å². The molecule has 0 radical (unpaired) electrons. The first-order valence-corrected chi connectivity index (χ1v) is 10.9. The smallest absolute Gasteiger partial charge is 0.350 e. The number of aliphatic hydroxyl groups is 1. The number of hydrogen-bond donors (Lipinski definition) is 1. The Morgan fingerprint density at radius 2 is 1.91 bits per heavy atom. The van der Waals surface area contributed by atoms with Gasteiger partial charge in [-0.1, -0.05) is 17.4 Å². The molecule has 5 rings (SSSR count). The molecule has 0 unspecified atom stereocenters. The highest BCUT2D eigenvalue weighted by Gasteiger charge is 2.41. The highest BCUT2D eigenvalue weighted by molar-refractivity contribution is 7.13. The lowest BCUT2D eigenvalue weighted by atomic mass is 10.0. The first-order valence-electron chi connectivity index (χ1n) is 10.1. The van der Waals surface area contributed by atoms with E-state index in [1.54, 1.807) is 6.92 Å². The third-order valence-corrected chi connectivity index (χ3v) is 6.55. The molecule has 1 saturated heterocycles. The third kappa shape index (κ3) is 3.89. The minimum Gasteiger partial charge on any atom is -0.442 e. The molecule has 1 fully saturated rings. The summed E-state index contributed by atoms with van der Waals surface area (Å²) in [5.74, 6) is -2.45. The number of hydrogen-bond acceptors (Lipinski definition) is 7. The van der Waals surface area contributed by atoms with Crippen LogP contribution < -0.4 is 10.4 Å². The zero-order valence-electron chi connectivity index (χ0n) is 17.7. The van der Waals surface area contributed by atoms with Gasteiger partial charge in [0.15, 0.2) is 17.2 Å². The monoisotopic (exact) mass is 490 g/mol. The van der Waals surface area contributed by atoms with E-state index < -0.39 is 28.7 Å². The van der Waals surface area contributed by atoms with Crippen LogP contribution in [0.3, 0.4) is 0 Å². The predicted molar refractivity (Wildman–Crippen MR) is 115 cm³/mol. The summed E-state index contributed by atoms with van der Waals surface area (Å²) in [6, 6.07) is 7.22. The topological polar surface area (TPSA) is 91.4 Å². The van der Waals surface area contributed by atoms with E-state index >= 15 is 0 Å². The van der Waals surface area contributed by atoms with Gasteiger partial charge in [0, 0.05) is 11.6 Å². The predicted octanol–water partition coefficient (Wildman–Crippen LogP) is 3.27. The minimum absolute atomic E-state index is 0.102. The van der Waals surface area contributed by atoms with Gasteiger partial charge >= 0.3 is 5.69 Å². The van der Waals surface area contributed by atoms with E-state index in [-0.39, 0.29) is 36.8 Å². The van der Waals surface area contributed by atoms with Crippen molar-refractivity contribution in [2.75, 3.05) is 13.2 Å². The molecule has 1 aliphatic rings. The number of nitrogens with zero attached hydrogens (tertiary/aromatic N) is 4. The molecule has 3 heterocycles. The lowest BCUT2D eigenvalue weighted by molar-refractivity contribution is -0.184. The molecule has 8 nitrogen and oxygen atoms in total. The van der Waals surface area contributed by atoms with Crippen LogP contribution in [0.2, 0.25) is 0 Å². The number of benzene rings is 2. The van der Waals surface area contributed by atoms with Crippen LogP contribution in [0.1, 0.15) is 16.3 Å². The molecule has 34 heavy (non-hydrogen) atoms. The summed E-state index contributed by atoms with van der Waals surface area (Å²) in [4.78, 5) is 17.0. The molecule has 12 heteroatoms. The van der Waals surface area contributed by atoms with E-state index in [0.29, 0.717) is 15.8 Å². The molecule has 0 aliphatic carbocycles. The fourth-order valence-corrected chi connectivity index (χ4v) is 4.36. The van der Waals surface area contributed by atoms with Gasteiger partial charge in [0.1, 0.15) is 23.0 Å². The van der Waals surface area contributed by atoms with Crippen LogP contribution in [0.4, 0.5) is 13.2 Å². The van der Waals surface area contributed by atoms with Crippen LogP contribution in [0.5, 0.6) is 10.8 Å². The Morgan fingerprint density at radius 1 is 1.18 bits per heavy atom. The molecule has 0 bridgehead atoms. The quantitative estimate of drug-likeness (QED) is 0.446. The van der Waals surface area contributed by atoms with Gasteiger partial charge in [-0.05, 0) is 31.2 Å². The molecule has 1 aliphatic heterocycles. The fourth-order valence-electron chi connectivity index (χ4n) is 3.37. The number of ether oxygens (including phenoxy) is 2. The number of aromatic nitrogens is 4. The molecular formula is C22H17F3N4O4S. The molecule has 4 aromatic rings. The van der Waals surface area contributed by atoms with E-state index in [1.807, 2.05) is 0 Å². The van der Waals surface area contributed by atoms with Crippen molar-refractivity contribution >= 4 is 11.3 Å². The Hall–Kier alpha value is -3.48. The standard InChI is InChI=1S/C22H17F3N4O4S/c1-12-19(34-20(27-12)22(31)9-32-10-22)33-18-6-5-13(7-17(18)25)29-21(30)28(11-26-29)8-14-15(23)3-2-4-16(14)24/h2-7,11,31H,8-10H2,1H3. The molecule has 176 valence electrons. The van der Waals surface area contributed by atoms with Gasteiger partial charge in [-0.15, -0.1) is 0 Å². The SMILES string of the molecule is Cc1nc(C2(O)COC2)sc1Oc1ccc(-n2ncn(Cc3c(F)cccc3F)c2=O)cc1F. The van der Waals surface area contributed by atoms with Crippen molar-refractivity contribution in [2.24, 2.45) is 0 Å². The minimum atomic E-state index is -1.16. The van der Waals surface area contributed by atoms with Crippen molar-refractivity contribution in [1.29, 1.82) is 0 Å². The molecule has 0 amide bonds. The Labute approximate surface area is 194 Å². The summed E-state index contributed by atoms with van der Waals surface area (Å²) in [5, 5.41) is 15.0. The van der Waals surface area contributed by atoms with Crippen molar-refractivity contribution in [1.82, 2.24) is 19.3 Å². The van der Waals surface area contributed by atoms with Crippen LogP contribution in [-0.4, -0.2) is 37.7 Å². The van der Waals surface area contributed by atoms with Gasteiger partial charge in [-0.3, -0.25) is 4.57 Å². The van der Waals surface area contributed by atoms with E-state index in [1.165, 1.54) is 18.2 Å². The highest BCUT2D eigenvalue weighted by atomic mass is 32.1. The van der Waals surface area contributed by atoms with Gasteiger partial charge in [0.05, 0.1) is 31.1 Å². The van der Waals surface area contributed by atoms with Crippen molar-refractivity contribution in [2.45, 2.75) is 19.1 Å². The fraction of sp³-hybridized carbons (Fsp3) is 0.227. The van der Waals surface area contributed by atoms with Crippen molar-refractivity contribution in [3.8, 4) is 16.5 Å². The zero-order chi connectivity index (χ0) is 24.0. The number of aryl methyl sites for hydroxylation is 1. The summed E-state index contributed by atoms with van der Waals surface area (Å²) in [6.07, 6.45) is 1.12. The lowest BCUT2D eigenvalue weighted by Gasteiger charge is -2.34. The normalized spacial score (nSPS) is 14.7. The Morgan fingerprint density at radius 3 is 2.56 bits per heavy atom. The third-order valence-electron chi connectivity index (χ3n) is 5.32. The second-order valence-corrected chi connectivity index (χ2v) is 8.75. The van der Waals surface area contributed by atoms with Crippen LogP contribution in [0, 0.1) is 24.4 Å². The maximum absolute atomic E-state index is 14.8. The maximum atomic E-state index is 14.8. The summed E-state index contributed by atoms with van der Waals surface area (Å²) >= 11 is 1.09. The van der Waals surface area contributed by atoms with E-state index in [4.69, 9.17) is 9.47 Å². The van der Waals surface area contributed by atoms with Gasteiger partial charge in [-0.2, -0.15) is 9.78 Å². The molecule has 0 saturated carbocycles. The van der Waals surface area contributed by atoms with E-state index in [0.717, 1.165) is 45.1 Å². The average Bonchev–Trinajstić information content (AvgIpc) is 3.33. The van der Waals surface area contributed by atoms with Crippen molar-refractivity contribution in [3.63, 3.8) is 0 Å². The Balaban J connectivity index is 1.38.